The van der Waals surface area contributed by atoms with Gasteiger partial charge in [-0.25, -0.2) is 0 Å². The van der Waals surface area contributed by atoms with E-state index < -0.39 is 0 Å². The highest BCUT2D eigenvalue weighted by Crippen LogP contribution is 2.23. The van der Waals surface area contributed by atoms with Crippen molar-refractivity contribution in [1.29, 1.82) is 0 Å². The van der Waals surface area contributed by atoms with Gasteiger partial charge in [0.05, 0.1) is 22.8 Å². The van der Waals surface area contributed by atoms with Gasteiger partial charge in [-0.3, -0.25) is 9.98 Å². The minimum Gasteiger partial charge on any atom is -0.252 e. The van der Waals surface area contributed by atoms with Crippen LogP contribution in [0.5, 0.6) is 0 Å². The summed E-state index contributed by atoms with van der Waals surface area (Å²) in [4.78, 5) is 10.5. The van der Waals surface area contributed by atoms with Crippen LogP contribution < -0.4 is 0 Å². The normalized spacial score (nSPS) is 12.4. The van der Waals surface area contributed by atoms with Crippen LogP contribution in [0.15, 0.2) is 46.4 Å². The van der Waals surface area contributed by atoms with Crippen LogP contribution in [-0.4, -0.2) is 11.4 Å². The van der Waals surface area contributed by atoms with E-state index in [9.17, 15) is 0 Å². The Kier molecular flexibility index (Phi) is 14.4. The van der Waals surface area contributed by atoms with Crippen LogP contribution in [0.25, 0.3) is 0 Å². The summed E-state index contributed by atoms with van der Waals surface area (Å²) in [6, 6.07) is 13.2. The van der Waals surface area contributed by atoms with Gasteiger partial charge in [-0.05, 0) is 99.9 Å². The molecule has 0 unspecified atom stereocenters. The van der Waals surface area contributed by atoms with E-state index in [2.05, 4.69) is 77.9 Å². The lowest BCUT2D eigenvalue weighted by Gasteiger charge is -2.13. The number of aliphatic imine (C=N–C) groups is 2. The third-order valence-corrected chi connectivity index (χ3v) is 7.38. The molecule has 0 fully saturated rings. The second-order valence-corrected chi connectivity index (χ2v) is 10.7. The molecule has 0 heterocycles. The first kappa shape index (κ1) is 30.0. The molecular weight excluding hydrogens is 436 g/mol. The Morgan fingerprint density at radius 2 is 0.833 bits per heavy atom. The van der Waals surface area contributed by atoms with Crippen molar-refractivity contribution in [3.05, 3.63) is 58.7 Å². The second kappa shape index (κ2) is 17.3. The predicted octanol–water partition coefficient (Wildman–Crippen LogP) is 11.3. The van der Waals surface area contributed by atoms with E-state index in [1.807, 2.05) is 0 Å². The van der Waals surface area contributed by atoms with E-state index in [0.717, 1.165) is 24.2 Å². The molecule has 0 saturated heterocycles. The Morgan fingerprint density at radius 3 is 1.19 bits per heavy atom. The van der Waals surface area contributed by atoms with Crippen molar-refractivity contribution in [2.24, 2.45) is 9.98 Å². The number of nitrogens with zero attached hydrogens (tertiary/aromatic N) is 2. The molecule has 2 rings (SSSR count). The summed E-state index contributed by atoms with van der Waals surface area (Å²) < 4.78 is 0. The number of benzene rings is 2. The molecule has 0 aliphatic heterocycles. The van der Waals surface area contributed by atoms with E-state index in [-0.39, 0.29) is 0 Å². The van der Waals surface area contributed by atoms with E-state index in [1.54, 1.807) is 0 Å². The Bertz CT molecular complexity index is 888. The zero-order chi connectivity index (χ0) is 26.2. The molecule has 2 aromatic rings. The van der Waals surface area contributed by atoms with Gasteiger partial charge in [-0.1, -0.05) is 90.2 Å². The third-order valence-electron chi connectivity index (χ3n) is 7.38. The summed E-state index contributed by atoms with van der Waals surface area (Å²) in [5.74, 6) is 0. The van der Waals surface area contributed by atoms with Gasteiger partial charge in [0.2, 0.25) is 0 Å². The first-order valence-corrected chi connectivity index (χ1v) is 14.7. The fourth-order valence-corrected chi connectivity index (χ4v) is 4.58. The van der Waals surface area contributed by atoms with Gasteiger partial charge in [-0.15, -0.1) is 0 Å². The second-order valence-electron chi connectivity index (χ2n) is 10.7. The smallest absolute Gasteiger partial charge is 0.0636 e. The zero-order valence-electron chi connectivity index (χ0n) is 24.3. The first-order chi connectivity index (χ1) is 17.4. The van der Waals surface area contributed by atoms with E-state index >= 15 is 0 Å². The molecule has 198 valence electrons. The molecule has 0 N–H and O–H groups in total. The molecule has 36 heavy (non-hydrogen) atoms. The van der Waals surface area contributed by atoms with Crippen LogP contribution in [0.2, 0.25) is 0 Å². The molecular formula is C34H52N2. The number of unbranched alkanes of at least 4 members (excludes halogenated alkanes) is 10. The molecule has 0 atom stereocenters. The van der Waals surface area contributed by atoms with Gasteiger partial charge in [0.25, 0.3) is 0 Å². The van der Waals surface area contributed by atoms with Crippen LogP contribution in [-0.2, 0) is 0 Å². The summed E-state index contributed by atoms with van der Waals surface area (Å²) in [6.07, 6.45) is 17.6. The Labute approximate surface area is 222 Å². The van der Waals surface area contributed by atoms with Gasteiger partial charge in [0, 0.05) is 0 Å². The van der Waals surface area contributed by atoms with Crippen molar-refractivity contribution in [2.75, 3.05) is 0 Å². The van der Waals surface area contributed by atoms with Crippen molar-refractivity contribution < 1.29 is 0 Å². The molecule has 0 aliphatic rings. The van der Waals surface area contributed by atoms with Crippen LogP contribution >= 0.6 is 0 Å². The summed E-state index contributed by atoms with van der Waals surface area (Å²) in [6.45, 7) is 13.3. The molecule has 0 aliphatic carbocycles. The lowest BCUT2D eigenvalue weighted by atomic mass is 9.99. The average molecular weight is 489 g/mol. The highest BCUT2D eigenvalue weighted by atomic mass is 14.8. The summed E-state index contributed by atoms with van der Waals surface area (Å²) in [7, 11) is 0. The highest BCUT2D eigenvalue weighted by Gasteiger charge is 2.12. The van der Waals surface area contributed by atoms with Crippen molar-refractivity contribution in [3.63, 3.8) is 0 Å². The van der Waals surface area contributed by atoms with Crippen LogP contribution in [0.1, 0.15) is 126 Å². The summed E-state index contributed by atoms with van der Waals surface area (Å²) in [5, 5.41) is 0. The van der Waals surface area contributed by atoms with Gasteiger partial charge in [-0.2, -0.15) is 0 Å². The maximum Gasteiger partial charge on any atom is 0.0636 e. The minimum absolute atomic E-state index is 1.01. The number of hydrogen-bond acceptors (Lipinski definition) is 2. The van der Waals surface area contributed by atoms with E-state index in [0.29, 0.717) is 0 Å². The molecule has 0 spiro atoms. The lowest BCUT2D eigenvalue weighted by molar-refractivity contribution is 0.613. The minimum atomic E-state index is 1.01. The number of aryl methyl sites for hydroxylation is 4. The molecule has 0 radical (unpaired) electrons. The third kappa shape index (κ3) is 11.2. The Balaban J connectivity index is 2.31. The average Bonchev–Trinajstić information content (AvgIpc) is 2.86. The molecule has 0 amide bonds. The molecule has 2 heteroatoms. The van der Waals surface area contributed by atoms with Gasteiger partial charge in [0.1, 0.15) is 0 Å². The van der Waals surface area contributed by atoms with Crippen molar-refractivity contribution in [3.8, 4) is 0 Å². The quantitative estimate of drug-likeness (QED) is 0.156. The highest BCUT2D eigenvalue weighted by molar-refractivity contribution is 6.43. The predicted molar refractivity (Wildman–Crippen MR) is 162 cm³/mol. The molecule has 0 saturated carbocycles. The van der Waals surface area contributed by atoms with E-state index in [1.165, 1.54) is 111 Å². The number of hydrogen-bond donors (Lipinski definition) is 0. The molecule has 2 aromatic carbocycles. The molecule has 0 bridgehead atoms. The van der Waals surface area contributed by atoms with Crippen LogP contribution in [0, 0.1) is 27.7 Å². The Morgan fingerprint density at radius 1 is 0.472 bits per heavy atom. The fraction of sp³-hybridized carbons (Fsp3) is 0.588. The first-order valence-electron chi connectivity index (χ1n) is 14.7. The maximum absolute atomic E-state index is 5.25. The Hall–Kier alpha value is -2.22. The maximum atomic E-state index is 5.25. The lowest BCUT2D eigenvalue weighted by Crippen LogP contribution is -2.14. The summed E-state index contributed by atoms with van der Waals surface area (Å²) >= 11 is 0. The molecule has 0 aromatic heterocycles. The number of rotatable bonds is 17. The zero-order valence-corrected chi connectivity index (χ0v) is 24.3. The standard InChI is InChI=1S/C34H52N2/c1-7-9-11-13-15-17-19-33(35-31-23-21-27(3)29(5)25-31)34(20-18-16-14-12-10-8-2)36-32-24-22-28(4)30(6)26-32/h21-26H,7-20H2,1-6H3. The topological polar surface area (TPSA) is 24.7 Å². The van der Waals surface area contributed by atoms with Crippen molar-refractivity contribution >= 4 is 22.8 Å². The summed E-state index contributed by atoms with van der Waals surface area (Å²) in [5.41, 5.74) is 9.77. The van der Waals surface area contributed by atoms with Gasteiger partial charge in [0.15, 0.2) is 0 Å². The van der Waals surface area contributed by atoms with Crippen LogP contribution in [0.4, 0.5) is 11.4 Å². The fourth-order valence-electron chi connectivity index (χ4n) is 4.58. The van der Waals surface area contributed by atoms with Crippen molar-refractivity contribution in [2.45, 2.75) is 131 Å². The van der Waals surface area contributed by atoms with Gasteiger partial charge < -0.3 is 0 Å². The van der Waals surface area contributed by atoms with E-state index in [4.69, 9.17) is 9.98 Å². The SMILES string of the molecule is CCCCCCCCC(=Nc1ccc(C)c(C)c1)C(CCCCCCCC)=Nc1ccc(C)c(C)c1. The van der Waals surface area contributed by atoms with Crippen LogP contribution in [0.3, 0.4) is 0 Å². The largest absolute Gasteiger partial charge is 0.252 e. The van der Waals surface area contributed by atoms with Crippen molar-refractivity contribution in [1.82, 2.24) is 0 Å². The monoisotopic (exact) mass is 488 g/mol. The molecule has 2 nitrogen and oxygen atoms in total. The van der Waals surface area contributed by atoms with Gasteiger partial charge >= 0.3 is 0 Å².